The van der Waals surface area contributed by atoms with E-state index < -0.39 is 11.7 Å². The Labute approximate surface area is 128 Å². The van der Waals surface area contributed by atoms with Crippen molar-refractivity contribution in [2.24, 2.45) is 11.8 Å². The molecule has 0 amide bonds. The fraction of sp³-hybridized carbons (Fsp3) is 0.625. The lowest BCUT2D eigenvalue weighted by Crippen LogP contribution is -2.29. The highest BCUT2D eigenvalue weighted by Crippen LogP contribution is 2.39. The van der Waals surface area contributed by atoms with Crippen molar-refractivity contribution >= 4 is 11.6 Å². The minimum absolute atomic E-state index is 0.0564. The summed E-state index contributed by atoms with van der Waals surface area (Å²) in [6, 6.07) is 4.07. The first-order valence-corrected chi connectivity index (χ1v) is 7.75. The second-order valence-corrected chi connectivity index (χ2v) is 6.39. The molecule has 0 saturated heterocycles. The van der Waals surface area contributed by atoms with Crippen LogP contribution < -0.4 is 4.74 Å². The highest BCUT2D eigenvalue weighted by molar-refractivity contribution is 6.17. The van der Waals surface area contributed by atoms with E-state index in [4.69, 9.17) is 16.3 Å². The minimum Gasteiger partial charge on any atom is -0.490 e. The summed E-state index contributed by atoms with van der Waals surface area (Å²) in [6.07, 6.45) is -1.86. The van der Waals surface area contributed by atoms with Crippen LogP contribution in [0.4, 0.5) is 13.2 Å². The molecule has 0 spiro atoms. The fourth-order valence-corrected chi connectivity index (χ4v) is 3.30. The maximum atomic E-state index is 13.1. The van der Waals surface area contributed by atoms with Crippen LogP contribution in [0.3, 0.4) is 0 Å². The van der Waals surface area contributed by atoms with E-state index in [0.29, 0.717) is 17.4 Å². The first-order valence-electron chi connectivity index (χ1n) is 7.22. The molecule has 2 rings (SSSR count). The van der Waals surface area contributed by atoms with Crippen LogP contribution >= 0.6 is 11.6 Å². The van der Waals surface area contributed by atoms with Crippen molar-refractivity contribution in [3.63, 3.8) is 0 Å². The molecule has 5 heteroatoms. The number of hydrogen-bond acceptors (Lipinski definition) is 1. The average Bonchev–Trinajstić information content (AvgIpc) is 2.36. The third-order valence-electron chi connectivity index (χ3n) is 3.93. The molecule has 0 N–H and O–H groups in total. The molecular formula is C16H20ClF3O. The van der Waals surface area contributed by atoms with Crippen LogP contribution in [0.2, 0.25) is 0 Å². The molecule has 0 aromatic heterocycles. The van der Waals surface area contributed by atoms with Crippen molar-refractivity contribution in [2.75, 3.05) is 0 Å². The van der Waals surface area contributed by atoms with E-state index >= 15 is 0 Å². The molecule has 1 aromatic rings. The molecule has 1 aromatic carbocycles. The Hall–Kier alpha value is -0.900. The van der Waals surface area contributed by atoms with Gasteiger partial charge in [-0.05, 0) is 48.8 Å². The lowest BCUT2D eigenvalue weighted by atomic mass is 9.82. The van der Waals surface area contributed by atoms with Gasteiger partial charge in [0.2, 0.25) is 0 Å². The van der Waals surface area contributed by atoms with E-state index in [9.17, 15) is 13.2 Å². The molecule has 2 unspecified atom stereocenters. The van der Waals surface area contributed by atoms with Gasteiger partial charge in [-0.2, -0.15) is 13.2 Å². The van der Waals surface area contributed by atoms with Crippen molar-refractivity contribution in [2.45, 2.75) is 51.3 Å². The summed E-state index contributed by atoms with van der Waals surface area (Å²) in [7, 11) is 0. The maximum absolute atomic E-state index is 13.1. The third kappa shape index (κ3) is 4.29. The molecule has 1 nitrogen and oxygen atoms in total. The van der Waals surface area contributed by atoms with Crippen LogP contribution in [0.5, 0.6) is 5.75 Å². The zero-order chi connectivity index (χ0) is 15.6. The summed E-state index contributed by atoms with van der Waals surface area (Å²) in [6.45, 7) is 4.24. The second-order valence-electron chi connectivity index (χ2n) is 6.12. The molecule has 0 bridgehead atoms. The van der Waals surface area contributed by atoms with Gasteiger partial charge in [-0.1, -0.05) is 19.9 Å². The second kappa shape index (κ2) is 6.47. The number of ether oxygens (including phenoxy) is 1. The predicted molar refractivity (Wildman–Crippen MR) is 77.6 cm³/mol. The summed E-state index contributed by atoms with van der Waals surface area (Å²) in [5.74, 6) is 0.939. The quantitative estimate of drug-likeness (QED) is 0.654. The minimum atomic E-state index is -4.43. The SMILES string of the molecule is CC1CC(C)CC(Oc2ccc(CCl)cc2C(F)(F)F)C1. The zero-order valence-electron chi connectivity index (χ0n) is 12.2. The summed E-state index contributed by atoms with van der Waals surface area (Å²) < 4.78 is 45.1. The van der Waals surface area contributed by atoms with Crippen LogP contribution in [-0.2, 0) is 12.1 Å². The molecule has 21 heavy (non-hydrogen) atoms. The van der Waals surface area contributed by atoms with E-state index in [2.05, 4.69) is 13.8 Å². The Bertz CT molecular complexity index is 477. The first-order chi connectivity index (χ1) is 9.79. The van der Waals surface area contributed by atoms with Crippen LogP contribution in [0.25, 0.3) is 0 Å². The number of alkyl halides is 4. The Morgan fingerprint density at radius 2 is 1.76 bits per heavy atom. The highest BCUT2D eigenvalue weighted by atomic mass is 35.5. The largest absolute Gasteiger partial charge is 0.490 e. The molecule has 0 aliphatic heterocycles. The standard InChI is InChI=1S/C16H20ClF3O/c1-10-5-11(2)7-13(6-10)21-15-4-3-12(9-17)8-14(15)16(18,19)20/h3-4,8,10-11,13H,5-7,9H2,1-2H3. The number of rotatable bonds is 3. The van der Waals surface area contributed by atoms with Gasteiger partial charge in [0.1, 0.15) is 5.75 Å². The van der Waals surface area contributed by atoms with E-state index in [1.165, 1.54) is 6.07 Å². The van der Waals surface area contributed by atoms with E-state index in [-0.39, 0.29) is 17.7 Å². The Balaban J connectivity index is 2.23. The molecular weight excluding hydrogens is 301 g/mol. The fourth-order valence-electron chi connectivity index (χ4n) is 3.13. The summed E-state index contributed by atoms with van der Waals surface area (Å²) >= 11 is 5.62. The number of hydrogen-bond donors (Lipinski definition) is 0. The Morgan fingerprint density at radius 3 is 2.29 bits per heavy atom. The van der Waals surface area contributed by atoms with Gasteiger partial charge in [0.05, 0.1) is 11.7 Å². The Kier molecular flexibility index (Phi) is 5.07. The molecule has 1 aliphatic carbocycles. The topological polar surface area (TPSA) is 9.23 Å². The van der Waals surface area contributed by atoms with Crippen molar-refractivity contribution in [3.8, 4) is 5.75 Å². The van der Waals surface area contributed by atoms with Gasteiger partial charge in [0, 0.05) is 5.88 Å². The van der Waals surface area contributed by atoms with Crippen LogP contribution in [0, 0.1) is 11.8 Å². The lowest BCUT2D eigenvalue weighted by molar-refractivity contribution is -0.139. The van der Waals surface area contributed by atoms with Crippen molar-refractivity contribution in [1.29, 1.82) is 0 Å². The molecule has 1 fully saturated rings. The molecule has 1 saturated carbocycles. The van der Waals surface area contributed by atoms with Gasteiger partial charge in [-0.3, -0.25) is 0 Å². The normalized spacial score (nSPS) is 26.7. The highest BCUT2D eigenvalue weighted by Gasteiger charge is 2.36. The van der Waals surface area contributed by atoms with Gasteiger partial charge in [0.25, 0.3) is 0 Å². The zero-order valence-corrected chi connectivity index (χ0v) is 13.0. The molecule has 0 radical (unpaired) electrons. The van der Waals surface area contributed by atoms with Crippen LogP contribution in [0.1, 0.15) is 44.2 Å². The number of halogens is 4. The van der Waals surface area contributed by atoms with Gasteiger partial charge in [-0.15, -0.1) is 11.6 Å². The molecule has 2 atom stereocenters. The molecule has 1 aliphatic rings. The van der Waals surface area contributed by atoms with Gasteiger partial charge in [-0.25, -0.2) is 0 Å². The van der Waals surface area contributed by atoms with Crippen molar-refractivity contribution < 1.29 is 17.9 Å². The van der Waals surface area contributed by atoms with E-state index in [1.807, 2.05) is 0 Å². The summed E-state index contributed by atoms with van der Waals surface area (Å²) in [5, 5.41) is 0. The first kappa shape index (κ1) is 16.5. The van der Waals surface area contributed by atoms with E-state index in [0.717, 1.165) is 25.3 Å². The van der Waals surface area contributed by atoms with E-state index in [1.54, 1.807) is 6.07 Å². The molecule has 0 heterocycles. The predicted octanol–water partition coefficient (Wildman–Crippen LogP) is 5.65. The smallest absolute Gasteiger partial charge is 0.419 e. The van der Waals surface area contributed by atoms with Gasteiger partial charge >= 0.3 is 6.18 Å². The third-order valence-corrected chi connectivity index (χ3v) is 4.24. The van der Waals surface area contributed by atoms with Crippen molar-refractivity contribution in [1.82, 2.24) is 0 Å². The summed E-state index contributed by atoms with van der Waals surface area (Å²) in [5.41, 5.74) is -0.284. The monoisotopic (exact) mass is 320 g/mol. The van der Waals surface area contributed by atoms with Crippen LogP contribution in [-0.4, -0.2) is 6.10 Å². The van der Waals surface area contributed by atoms with Crippen LogP contribution in [0.15, 0.2) is 18.2 Å². The summed E-state index contributed by atoms with van der Waals surface area (Å²) in [4.78, 5) is 0. The lowest BCUT2D eigenvalue weighted by Gasteiger charge is -2.32. The van der Waals surface area contributed by atoms with Crippen molar-refractivity contribution in [3.05, 3.63) is 29.3 Å². The number of benzene rings is 1. The van der Waals surface area contributed by atoms with Gasteiger partial charge < -0.3 is 4.74 Å². The molecule has 118 valence electrons. The van der Waals surface area contributed by atoms with Gasteiger partial charge in [0.15, 0.2) is 0 Å². The Morgan fingerprint density at radius 1 is 1.14 bits per heavy atom. The average molecular weight is 321 g/mol. The maximum Gasteiger partial charge on any atom is 0.419 e.